The number of piperidine rings is 1. The van der Waals surface area contributed by atoms with Crippen LogP contribution in [0, 0.1) is 5.92 Å². The maximum absolute atomic E-state index is 12.8. The molecule has 0 aliphatic carbocycles. The predicted molar refractivity (Wildman–Crippen MR) is 94.0 cm³/mol. The van der Waals surface area contributed by atoms with E-state index in [2.05, 4.69) is 15.3 Å². The van der Waals surface area contributed by atoms with Crippen molar-refractivity contribution in [3.8, 4) is 0 Å². The lowest BCUT2D eigenvalue weighted by molar-refractivity contribution is -0.137. The van der Waals surface area contributed by atoms with Crippen LogP contribution >= 0.6 is 0 Å². The van der Waals surface area contributed by atoms with E-state index < -0.39 is 17.7 Å². The molecule has 28 heavy (non-hydrogen) atoms. The quantitative estimate of drug-likeness (QED) is 0.868. The highest BCUT2D eigenvalue weighted by molar-refractivity contribution is 5.92. The monoisotopic (exact) mass is 392 g/mol. The number of amides is 2. The molecule has 1 fully saturated rings. The first kappa shape index (κ1) is 19.8. The van der Waals surface area contributed by atoms with Crippen molar-refractivity contribution < 1.29 is 22.8 Å². The molecule has 2 aromatic rings. The van der Waals surface area contributed by atoms with Crippen molar-refractivity contribution in [3.05, 3.63) is 59.7 Å². The summed E-state index contributed by atoms with van der Waals surface area (Å²) in [6.45, 7) is 0.758. The summed E-state index contributed by atoms with van der Waals surface area (Å²) in [5.74, 6) is -0.988. The third-order valence-electron chi connectivity index (χ3n) is 4.58. The average molecular weight is 392 g/mol. The molecule has 0 spiro atoms. The molecule has 0 saturated carbocycles. The minimum Gasteiger partial charge on any atom is -0.352 e. The second-order valence-corrected chi connectivity index (χ2v) is 6.60. The van der Waals surface area contributed by atoms with Crippen LogP contribution in [0.5, 0.6) is 0 Å². The molecule has 0 radical (unpaired) electrons. The number of aromatic nitrogens is 2. The topological polar surface area (TPSA) is 75.2 Å². The third-order valence-corrected chi connectivity index (χ3v) is 4.58. The number of carbonyl (C=O) groups excluding carboxylic acids is 2. The first-order valence-corrected chi connectivity index (χ1v) is 8.84. The molecular weight excluding hydrogens is 373 g/mol. The number of carbonyl (C=O) groups is 2. The molecular formula is C19H19F3N4O2. The van der Waals surface area contributed by atoms with Gasteiger partial charge in [0.2, 0.25) is 5.91 Å². The van der Waals surface area contributed by atoms with E-state index in [0.717, 1.165) is 12.1 Å². The number of hydrogen-bond donors (Lipinski definition) is 1. The second kappa shape index (κ2) is 8.37. The van der Waals surface area contributed by atoms with Gasteiger partial charge in [-0.15, -0.1) is 0 Å². The van der Waals surface area contributed by atoms with Gasteiger partial charge in [-0.3, -0.25) is 14.6 Å². The zero-order chi connectivity index (χ0) is 20.1. The molecule has 1 aromatic heterocycles. The lowest BCUT2D eigenvalue weighted by Crippen LogP contribution is -2.45. The summed E-state index contributed by atoms with van der Waals surface area (Å²) in [6, 6.07) is 4.85. The average Bonchev–Trinajstić information content (AvgIpc) is 2.72. The van der Waals surface area contributed by atoms with Gasteiger partial charge in [0.25, 0.3) is 5.91 Å². The Morgan fingerprint density at radius 3 is 2.79 bits per heavy atom. The van der Waals surface area contributed by atoms with Gasteiger partial charge in [0.1, 0.15) is 5.69 Å². The van der Waals surface area contributed by atoms with Crippen LogP contribution in [0.15, 0.2) is 42.9 Å². The lowest BCUT2D eigenvalue weighted by Gasteiger charge is -2.31. The van der Waals surface area contributed by atoms with Crippen molar-refractivity contribution in [2.45, 2.75) is 25.6 Å². The summed E-state index contributed by atoms with van der Waals surface area (Å²) in [5, 5.41) is 2.67. The highest BCUT2D eigenvalue weighted by Gasteiger charge is 2.31. The molecule has 2 amide bonds. The summed E-state index contributed by atoms with van der Waals surface area (Å²) in [4.78, 5) is 34.3. The van der Waals surface area contributed by atoms with Crippen molar-refractivity contribution in [2.24, 2.45) is 5.92 Å². The molecule has 1 atom stereocenters. The number of rotatable bonds is 4. The molecule has 0 bridgehead atoms. The van der Waals surface area contributed by atoms with Crippen LogP contribution in [0.3, 0.4) is 0 Å². The van der Waals surface area contributed by atoms with Crippen LogP contribution in [-0.2, 0) is 17.5 Å². The van der Waals surface area contributed by atoms with Crippen LogP contribution < -0.4 is 5.32 Å². The number of nitrogens with zero attached hydrogens (tertiary/aromatic N) is 3. The molecule has 1 saturated heterocycles. The fraction of sp³-hybridized carbons (Fsp3) is 0.368. The van der Waals surface area contributed by atoms with Crippen LogP contribution in [0.4, 0.5) is 13.2 Å². The Hall–Kier alpha value is -2.97. The van der Waals surface area contributed by atoms with Gasteiger partial charge in [0, 0.05) is 32.0 Å². The van der Waals surface area contributed by atoms with Crippen LogP contribution in [0.2, 0.25) is 0 Å². The Labute approximate surface area is 159 Å². The number of likely N-dealkylation sites (tertiary alicyclic amines) is 1. The van der Waals surface area contributed by atoms with E-state index in [1.165, 1.54) is 30.7 Å². The summed E-state index contributed by atoms with van der Waals surface area (Å²) in [5.41, 5.74) is -0.170. The van der Waals surface area contributed by atoms with E-state index in [-0.39, 0.29) is 30.6 Å². The molecule has 1 aliphatic rings. The number of hydrogen-bond acceptors (Lipinski definition) is 4. The van der Waals surface area contributed by atoms with Gasteiger partial charge in [0.05, 0.1) is 17.7 Å². The van der Waals surface area contributed by atoms with Gasteiger partial charge in [-0.2, -0.15) is 13.2 Å². The third kappa shape index (κ3) is 4.85. The molecule has 3 rings (SSSR count). The molecule has 1 N–H and O–H groups in total. The Morgan fingerprint density at radius 1 is 1.25 bits per heavy atom. The minimum atomic E-state index is -4.43. The maximum Gasteiger partial charge on any atom is 0.416 e. The molecule has 1 unspecified atom stereocenters. The first-order chi connectivity index (χ1) is 13.3. The first-order valence-electron chi connectivity index (χ1n) is 8.84. The van der Waals surface area contributed by atoms with Gasteiger partial charge in [-0.1, -0.05) is 12.1 Å². The van der Waals surface area contributed by atoms with Crippen LogP contribution in [-0.4, -0.2) is 39.8 Å². The van der Waals surface area contributed by atoms with Crippen LogP contribution in [0.1, 0.15) is 34.5 Å². The maximum atomic E-state index is 12.8. The van der Waals surface area contributed by atoms with E-state index >= 15 is 0 Å². The predicted octanol–water partition coefficient (Wildman–Crippen LogP) is 2.66. The highest BCUT2D eigenvalue weighted by Crippen LogP contribution is 2.29. The van der Waals surface area contributed by atoms with E-state index in [0.29, 0.717) is 24.9 Å². The summed E-state index contributed by atoms with van der Waals surface area (Å²) < 4.78 is 38.3. The second-order valence-electron chi connectivity index (χ2n) is 6.60. The highest BCUT2D eigenvalue weighted by atomic mass is 19.4. The van der Waals surface area contributed by atoms with E-state index in [1.807, 2.05) is 0 Å². The smallest absolute Gasteiger partial charge is 0.352 e. The molecule has 148 valence electrons. The number of alkyl halides is 3. The number of halogens is 3. The van der Waals surface area contributed by atoms with E-state index in [4.69, 9.17) is 0 Å². The van der Waals surface area contributed by atoms with Crippen LogP contribution in [0.25, 0.3) is 0 Å². The molecule has 6 nitrogen and oxygen atoms in total. The molecule has 9 heteroatoms. The largest absolute Gasteiger partial charge is 0.416 e. The van der Waals surface area contributed by atoms with Gasteiger partial charge >= 0.3 is 6.18 Å². The zero-order valence-corrected chi connectivity index (χ0v) is 14.9. The van der Waals surface area contributed by atoms with Gasteiger partial charge in [0.15, 0.2) is 0 Å². The Morgan fingerprint density at radius 2 is 2.07 bits per heavy atom. The van der Waals surface area contributed by atoms with Gasteiger partial charge in [-0.25, -0.2) is 4.98 Å². The molecule has 1 aliphatic heterocycles. The zero-order valence-electron chi connectivity index (χ0n) is 14.9. The Kier molecular flexibility index (Phi) is 5.91. The standard InChI is InChI=1S/C19H19F3N4O2/c20-19(21,22)15-5-1-3-13(9-15)10-25-17(27)14-4-2-8-26(12-14)18(28)16-11-23-6-7-24-16/h1,3,5-7,9,11,14H,2,4,8,10,12H2,(H,25,27). The van der Waals surface area contributed by atoms with E-state index in [1.54, 1.807) is 4.90 Å². The van der Waals surface area contributed by atoms with Crippen molar-refractivity contribution in [1.29, 1.82) is 0 Å². The molecule has 2 heterocycles. The van der Waals surface area contributed by atoms with Crippen molar-refractivity contribution in [3.63, 3.8) is 0 Å². The van der Waals surface area contributed by atoms with E-state index in [9.17, 15) is 22.8 Å². The normalized spacial score (nSPS) is 17.2. The fourth-order valence-electron chi connectivity index (χ4n) is 3.14. The summed E-state index contributed by atoms with van der Waals surface area (Å²) >= 11 is 0. The summed E-state index contributed by atoms with van der Waals surface area (Å²) in [7, 11) is 0. The fourth-order valence-corrected chi connectivity index (χ4v) is 3.14. The van der Waals surface area contributed by atoms with Crippen molar-refractivity contribution >= 4 is 11.8 Å². The number of benzene rings is 1. The van der Waals surface area contributed by atoms with Gasteiger partial charge in [-0.05, 0) is 30.5 Å². The SMILES string of the molecule is O=C(NCc1cccc(C(F)(F)F)c1)C1CCCN(C(=O)c2cnccn2)C1. The Bertz CT molecular complexity index is 843. The molecule has 1 aromatic carbocycles. The summed E-state index contributed by atoms with van der Waals surface area (Å²) in [6.07, 6.45) is 1.12. The van der Waals surface area contributed by atoms with Crippen molar-refractivity contribution in [2.75, 3.05) is 13.1 Å². The number of nitrogens with one attached hydrogen (secondary N) is 1. The van der Waals surface area contributed by atoms with Crippen molar-refractivity contribution in [1.82, 2.24) is 20.2 Å². The lowest BCUT2D eigenvalue weighted by atomic mass is 9.96. The minimum absolute atomic E-state index is 0.00262. The Balaban J connectivity index is 1.58. The van der Waals surface area contributed by atoms with Gasteiger partial charge < -0.3 is 10.2 Å².